The topological polar surface area (TPSA) is 108 Å². The molecule has 2 aromatic carbocycles. The number of nitrogens with one attached hydrogen (secondary N) is 1. The molecule has 0 saturated carbocycles. The molecule has 3 N–H and O–H groups in total. The zero-order chi connectivity index (χ0) is 24.5. The minimum Gasteiger partial charge on any atom is -0.481 e. The third kappa shape index (κ3) is 7.50. The summed E-state index contributed by atoms with van der Waals surface area (Å²) in [7, 11) is 2.01. The van der Waals surface area contributed by atoms with Gasteiger partial charge < -0.3 is 29.9 Å². The highest BCUT2D eigenvalue weighted by molar-refractivity contribution is 5.92. The summed E-state index contributed by atoms with van der Waals surface area (Å²) >= 11 is 0. The van der Waals surface area contributed by atoms with Crippen molar-refractivity contribution in [1.82, 2.24) is 4.90 Å². The smallest absolute Gasteiger partial charge is 0.303 e. The predicted octanol–water partition coefficient (Wildman–Crippen LogP) is 3.65. The van der Waals surface area contributed by atoms with Crippen molar-refractivity contribution in [2.24, 2.45) is 0 Å². The number of carbonyl (C=O) groups is 2. The van der Waals surface area contributed by atoms with Crippen LogP contribution in [-0.4, -0.2) is 53.2 Å². The summed E-state index contributed by atoms with van der Waals surface area (Å²) in [6.45, 7) is 5.21. The molecule has 0 spiro atoms. The first-order valence-corrected chi connectivity index (χ1v) is 11.3. The van der Waals surface area contributed by atoms with Gasteiger partial charge in [0.25, 0.3) is 0 Å². The molecule has 1 amide bonds. The molecule has 34 heavy (non-hydrogen) atoms. The number of aliphatic hydroxyl groups is 1. The van der Waals surface area contributed by atoms with Crippen molar-refractivity contribution in [3.8, 4) is 0 Å². The molecule has 1 aliphatic rings. The fraction of sp³-hybridized carbons (Fsp3) is 0.385. The Morgan fingerprint density at radius 1 is 1.15 bits per heavy atom. The first-order chi connectivity index (χ1) is 16.4. The standard InChI is InChI=1S/C26H32N2O6/c1-3-13-28(2)16-22-15-23(19-9-7-18(17-29)8-10-19)34-26(33-22)20-5-4-6-21(14-20)27-24(30)11-12-25(31)32/h3-10,14,22-23,26,29H,1,11-13,15-17H2,2H3,(H,27,30)(H,31,32). The van der Waals surface area contributed by atoms with Gasteiger partial charge in [0.05, 0.1) is 25.2 Å². The van der Waals surface area contributed by atoms with Crippen LogP contribution in [0.4, 0.5) is 5.69 Å². The van der Waals surface area contributed by atoms with Crippen LogP contribution in [0.25, 0.3) is 0 Å². The number of carboxylic acid groups (broad SMARTS) is 1. The number of rotatable bonds is 11. The van der Waals surface area contributed by atoms with Crippen molar-refractivity contribution >= 4 is 17.6 Å². The highest BCUT2D eigenvalue weighted by atomic mass is 16.7. The fourth-order valence-corrected chi connectivity index (χ4v) is 3.88. The molecule has 182 valence electrons. The number of ether oxygens (including phenoxy) is 2. The van der Waals surface area contributed by atoms with Crippen molar-refractivity contribution in [1.29, 1.82) is 0 Å². The van der Waals surface area contributed by atoms with Gasteiger partial charge in [-0.05, 0) is 30.3 Å². The second-order valence-electron chi connectivity index (χ2n) is 8.43. The Labute approximate surface area is 199 Å². The van der Waals surface area contributed by atoms with Crippen LogP contribution in [0.5, 0.6) is 0 Å². The average molecular weight is 469 g/mol. The number of nitrogens with zero attached hydrogens (tertiary/aromatic N) is 1. The summed E-state index contributed by atoms with van der Waals surface area (Å²) in [5.41, 5.74) is 3.14. The van der Waals surface area contributed by atoms with Crippen LogP contribution in [0, 0.1) is 0 Å². The van der Waals surface area contributed by atoms with E-state index >= 15 is 0 Å². The van der Waals surface area contributed by atoms with E-state index in [1.807, 2.05) is 43.5 Å². The van der Waals surface area contributed by atoms with Crippen molar-refractivity contribution in [3.63, 3.8) is 0 Å². The quantitative estimate of drug-likeness (QED) is 0.432. The third-order valence-electron chi connectivity index (χ3n) is 5.58. The summed E-state index contributed by atoms with van der Waals surface area (Å²) in [4.78, 5) is 24.9. The lowest BCUT2D eigenvalue weighted by Gasteiger charge is -2.37. The number of carbonyl (C=O) groups excluding carboxylic acids is 1. The molecular weight excluding hydrogens is 436 g/mol. The number of anilines is 1. The molecule has 0 aliphatic carbocycles. The van der Waals surface area contributed by atoms with E-state index in [2.05, 4.69) is 16.8 Å². The van der Waals surface area contributed by atoms with Gasteiger partial charge in [0.2, 0.25) is 5.91 Å². The minimum absolute atomic E-state index is 0.0164. The largest absolute Gasteiger partial charge is 0.481 e. The Morgan fingerprint density at radius 3 is 2.59 bits per heavy atom. The number of carboxylic acids is 1. The Hall–Kier alpha value is -3.04. The van der Waals surface area contributed by atoms with Crippen molar-refractivity contribution < 1.29 is 29.3 Å². The Bertz CT molecular complexity index is 978. The molecule has 3 unspecified atom stereocenters. The number of aliphatic hydroxyl groups excluding tert-OH is 1. The van der Waals surface area contributed by atoms with Crippen molar-refractivity contribution in [2.45, 2.75) is 44.4 Å². The van der Waals surface area contributed by atoms with E-state index in [4.69, 9.17) is 14.6 Å². The number of likely N-dealkylation sites (N-methyl/N-ethyl adjacent to an activating group) is 1. The summed E-state index contributed by atoms with van der Waals surface area (Å²) in [6.07, 6.45) is 1.24. The third-order valence-corrected chi connectivity index (χ3v) is 5.58. The lowest BCUT2D eigenvalue weighted by atomic mass is 9.99. The summed E-state index contributed by atoms with van der Waals surface area (Å²) in [6, 6.07) is 14.9. The van der Waals surface area contributed by atoms with Crippen LogP contribution in [0.3, 0.4) is 0 Å². The first kappa shape index (κ1) is 25.6. The second-order valence-corrected chi connectivity index (χ2v) is 8.43. The van der Waals surface area contributed by atoms with E-state index in [9.17, 15) is 14.7 Å². The highest BCUT2D eigenvalue weighted by Gasteiger charge is 2.32. The zero-order valence-electron chi connectivity index (χ0n) is 19.4. The van der Waals surface area contributed by atoms with Crippen molar-refractivity contribution in [3.05, 3.63) is 77.9 Å². The molecule has 8 heteroatoms. The SMILES string of the molecule is C=CCN(C)CC1CC(c2ccc(CO)cc2)OC(c2cccc(NC(=O)CCC(=O)O)c2)O1. The normalized spacial score (nSPS) is 20.1. The van der Waals surface area contributed by atoms with Gasteiger partial charge in [-0.3, -0.25) is 9.59 Å². The van der Waals surface area contributed by atoms with Crippen LogP contribution in [0.2, 0.25) is 0 Å². The Morgan fingerprint density at radius 2 is 1.91 bits per heavy atom. The second kappa shape index (κ2) is 12.4. The molecule has 1 heterocycles. The number of amides is 1. The fourth-order valence-electron chi connectivity index (χ4n) is 3.88. The Kier molecular flexibility index (Phi) is 9.35. The van der Waals surface area contributed by atoms with E-state index < -0.39 is 12.3 Å². The van der Waals surface area contributed by atoms with E-state index in [0.717, 1.165) is 23.2 Å². The van der Waals surface area contributed by atoms with Gasteiger partial charge in [-0.2, -0.15) is 0 Å². The maximum atomic E-state index is 12.1. The molecule has 3 atom stereocenters. The van der Waals surface area contributed by atoms with Crippen molar-refractivity contribution in [2.75, 3.05) is 25.5 Å². The molecule has 8 nitrogen and oxygen atoms in total. The van der Waals surface area contributed by atoms with Gasteiger partial charge in [0.15, 0.2) is 6.29 Å². The zero-order valence-corrected chi connectivity index (χ0v) is 19.4. The van der Waals surface area contributed by atoms with Gasteiger partial charge in [0.1, 0.15) is 0 Å². The van der Waals surface area contributed by atoms with E-state index in [1.165, 1.54) is 0 Å². The summed E-state index contributed by atoms with van der Waals surface area (Å²) < 4.78 is 12.6. The number of aliphatic carboxylic acids is 1. The number of hydrogen-bond donors (Lipinski definition) is 3. The minimum atomic E-state index is -1.02. The Balaban J connectivity index is 1.78. The molecule has 1 saturated heterocycles. The molecule has 1 fully saturated rings. The lowest BCUT2D eigenvalue weighted by Crippen LogP contribution is -2.37. The average Bonchev–Trinajstić information content (AvgIpc) is 2.83. The van der Waals surface area contributed by atoms with Crippen LogP contribution >= 0.6 is 0 Å². The lowest BCUT2D eigenvalue weighted by molar-refractivity contribution is -0.252. The molecular formula is C26H32N2O6. The van der Waals surface area contributed by atoms with Gasteiger partial charge in [0, 0.05) is 37.2 Å². The monoisotopic (exact) mass is 468 g/mol. The van der Waals surface area contributed by atoms with Gasteiger partial charge in [-0.1, -0.05) is 42.5 Å². The molecule has 0 bridgehead atoms. The predicted molar refractivity (Wildman–Crippen MR) is 128 cm³/mol. The molecule has 0 aromatic heterocycles. The highest BCUT2D eigenvalue weighted by Crippen LogP contribution is 2.38. The maximum Gasteiger partial charge on any atom is 0.303 e. The van der Waals surface area contributed by atoms with Gasteiger partial charge >= 0.3 is 5.97 Å². The summed E-state index contributed by atoms with van der Waals surface area (Å²) in [5, 5.41) is 20.9. The number of hydrogen-bond acceptors (Lipinski definition) is 6. The van der Waals surface area contributed by atoms with Crippen LogP contribution in [0.15, 0.2) is 61.2 Å². The molecule has 1 aliphatic heterocycles. The molecule has 3 rings (SSSR count). The molecule has 2 aromatic rings. The van der Waals surface area contributed by atoms with Crippen LogP contribution < -0.4 is 5.32 Å². The van der Waals surface area contributed by atoms with E-state index in [-0.39, 0.29) is 37.6 Å². The van der Waals surface area contributed by atoms with Crippen LogP contribution in [0.1, 0.15) is 48.3 Å². The van der Waals surface area contributed by atoms with E-state index in [1.54, 1.807) is 18.2 Å². The van der Waals surface area contributed by atoms with E-state index in [0.29, 0.717) is 18.7 Å². The van der Waals surface area contributed by atoms with Gasteiger partial charge in [-0.15, -0.1) is 6.58 Å². The summed E-state index contributed by atoms with van der Waals surface area (Å²) in [5.74, 6) is -1.38. The molecule has 0 radical (unpaired) electrons. The van der Waals surface area contributed by atoms with Crippen LogP contribution in [-0.2, 0) is 25.7 Å². The first-order valence-electron chi connectivity index (χ1n) is 11.3. The maximum absolute atomic E-state index is 12.1. The van der Waals surface area contributed by atoms with Gasteiger partial charge in [-0.25, -0.2) is 0 Å². The number of benzene rings is 2.